The lowest BCUT2D eigenvalue weighted by atomic mass is 10.2. The summed E-state index contributed by atoms with van der Waals surface area (Å²) in [5, 5.41) is 3.00. The highest BCUT2D eigenvalue weighted by Crippen LogP contribution is 2.25. The normalized spacial score (nSPS) is 17.6. The van der Waals surface area contributed by atoms with E-state index in [4.69, 9.17) is 23.2 Å². The number of quaternary nitrogens is 1. The Hall–Kier alpha value is -1.07. The number of carbonyl (C=O) groups is 1. The zero-order valence-electron chi connectivity index (χ0n) is 11.3. The number of hydrazine groups is 1. The van der Waals surface area contributed by atoms with Crippen molar-refractivity contribution in [3.8, 4) is 0 Å². The maximum absolute atomic E-state index is 11.9. The van der Waals surface area contributed by atoms with Crippen LogP contribution in [0.1, 0.15) is 5.56 Å². The van der Waals surface area contributed by atoms with Crippen molar-refractivity contribution in [2.24, 2.45) is 0 Å². The molecule has 1 saturated heterocycles. The van der Waals surface area contributed by atoms with Gasteiger partial charge in [-0.25, -0.2) is 5.01 Å². The van der Waals surface area contributed by atoms with Crippen LogP contribution >= 0.6 is 23.2 Å². The molecule has 1 aromatic carbocycles. The highest BCUT2D eigenvalue weighted by atomic mass is 35.5. The highest BCUT2D eigenvalue weighted by Gasteiger charge is 2.17. The van der Waals surface area contributed by atoms with Crippen molar-refractivity contribution < 1.29 is 9.69 Å². The first-order chi connectivity index (χ1) is 9.56. The second kappa shape index (κ2) is 7.09. The Morgan fingerprint density at radius 2 is 1.90 bits per heavy atom. The first kappa shape index (κ1) is 15.3. The van der Waals surface area contributed by atoms with E-state index in [2.05, 4.69) is 12.5 Å². The van der Waals surface area contributed by atoms with Crippen molar-refractivity contribution in [3.63, 3.8) is 0 Å². The standard InChI is InChI=1S/C14H17Cl2N3O/c1-18-7-9-19(10-8-18)17-14(20)6-5-11-12(15)3-2-4-13(11)16/h2-6H,7-10H2,1H3,(H,17,20)/p+1/b6-5+. The number of nitrogens with zero attached hydrogens (tertiary/aromatic N) is 1. The zero-order chi connectivity index (χ0) is 14.5. The van der Waals surface area contributed by atoms with Gasteiger partial charge in [-0.2, -0.15) is 0 Å². The van der Waals surface area contributed by atoms with Gasteiger partial charge in [-0.15, -0.1) is 0 Å². The van der Waals surface area contributed by atoms with Crippen LogP contribution in [0.3, 0.4) is 0 Å². The molecule has 4 nitrogen and oxygen atoms in total. The second-order valence-corrected chi connectivity index (χ2v) is 5.70. The summed E-state index contributed by atoms with van der Waals surface area (Å²) >= 11 is 12.1. The van der Waals surface area contributed by atoms with Gasteiger partial charge in [-0.1, -0.05) is 29.3 Å². The summed E-state index contributed by atoms with van der Waals surface area (Å²) in [6.45, 7) is 3.77. The predicted molar refractivity (Wildman–Crippen MR) is 81.8 cm³/mol. The monoisotopic (exact) mass is 314 g/mol. The molecule has 0 atom stereocenters. The van der Waals surface area contributed by atoms with E-state index in [1.807, 2.05) is 5.01 Å². The van der Waals surface area contributed by atoms with E-state index in [-0.39, 0.29) is 5.91 Å². The SMILES string of the molecule is C[NH+]1CCN(NC(=O)/C=C/c2c(Cl)cccc2Cl)CC1. The molecule has 2 N–H and O–H groups in total. The van der Waals surface area contributed by atoms with E-state index >= 15 is 0 Å². The molecule has 2 rings (SSSR count). The third-order valence-corrected chi connectivity index (χ3v) is 3.95. The lowest BCUT2D eigenvalue weighted by Gasteiger charge is -2.29. The van der Waals surface area contributed by atoms with Gasteiger partial charge >= 0.3 is 0 Å². The summed E-state index contributed by atoms with van der Waals surface area (Å²) in [6.07, 6.45) is 3.10. The van der Waals surface area contributed by atoms with Crippen LogP contribution in [-0.4, -0.2) is 44.1 Å². The van der Waals surface area contributed by atoms with Crippen molar-refractivity contribution in [3.05, 3.63) is 39.9 Å². The van der Waals surface area contributed by atoms with Crippen molar-refractivity contribution in [2.75, 3.05) is 33.2 Å². The molecule has 0 saturated carbocycles. The van der Waals surface area contributed by atoms with Gasteiger partial charge in [0.2, 0.25) is 0 Å². The number of piperazine rings is 1. The average Bonchev–Trinajstić information content (AvgIpc) is 2.41. The minimum absolute atomic E-state index is 0.166. The molecule has 6 heteroatoms. The number of halogens is 2. The van der Waals surface area contributed by atoms with Crippen molar-refractivity contribution in [1.82, 2.24) is 10.4 Å². The van der Waals surface area contributed by atoms with Gasteiger partial charge in [0.05, 0.1) is 33.2 Å². The number of amides is 1. The van der Waals surface area contributed by atoms with Crippen LogP contribution in [0.2, 0.25) is 10.0 Å². The molecule has 0 aromatic heterocycles. The number of carbonyl (C=O) groups excluding carboxylic acids is 1. The Balaban J connectivity index is 1.92. The van der Waals surface area contributed by atoms with Gasteiger partial charge < -0.3 is 4.90 Å². The molecular formula is C14H18Cl2N3O+. The summed E-state index contributed by atoms with van der Waals surface area (Å²) in [4.78, 5) is 13.3. The number of hydrogen-bond acceptors (Lipinski definition) is 2. The van der Waals surface area contributed by atoms with Crippen LogP contribution in [-0.2, 0) is 4.79 Å². The summed E-state index contributed by atoms with van der Waals surface area (Å²) in [7, 11) is 2.15. The third-order valence-electron chi connectivity index (χ3n) is 3.29. The van der Waals surface area contributed by atoms with E-state index < -0.39 is 0 Å². The van der Waals surface area contributed by atoms with Crippen LogP contribution < -0.4 is 10.3 Å². The largest absolute Gasteiger partial charge is 0.335 e. The van der Waals surface area contributed by atoms with Gasteiger partial charge in [0.15, 0.2) is 0 Å². The van der Waals surface area contributed by atoms with E-state index in [1.165, 1.54) is 11.0 Å². The maximum Gasteiger partial charge on any atom is 0.258 e. The average molecular weight is 315 g/mol. The zero-order valence-corrected chi connectivity index (χ0v) is 12.8. The number of rotatable bonds is 3. The number of hydrogen-bond donors (Lipinski definition) is 2. The Labute approximate surface area is 128 Å². The van der Waals surface area contributed by atoms with Gasteiger partial charge in [-0.05, 0) is 18.2 Å². The van der Waals surface area contributed by atoms with E-state index in [0.717, 1.165) is 26.2 Å². The fraction of sp³-hybridized carbons (Fsp3) is 0.357. The number of benzene rings is 1. The lowest BCUT2D eigenvalue weighted by molar-refractivity contribution is -0.884. The molecule has 1 aliphatic rings. The quantitative estimate of drug-likeness (QED) is 0.812. The molecule has 1 aliphatic heterocycles. The molecule has 108 valence electrons. The molecule has 1 aromatic rings. The molecule has 0 spiro atoms. The topological polar surface area (TPSA) is 36.8 Å². The molecule has 1 fully saturated rings. The summed E-state index contributed by atoms with van der Waals surface area (Å²) in [5.74, 6) is -0.166. The Morgan fingerprint density at radius 1 is 1.30 bits per heavy atom. The molecule has 1 heterocycles. The molecule has 0 unspecified atom stereocenters. The first-order valence-electron chi connectivity index (χ1n) is 6.55. The molecular weight excluding hydrogens is 297 g/mol. The molecule has 20 heavy (non-hydrogen) atoms. The molecule has 0 bridgehead atoms. The smallest absolute Gasteiger partial charge is 0.258 e. The van der Waals surface area contributed by atoms with Crippen molar-refractivity contribution in [2.45, 2.75) is 0 Å². The predicted octanol–water partition coefficient (Wildman–Crippen LogP) is 0.868. The Kier molecular flexibility index (Phi) is 5.43. The maximum atomic E-state index is 11.9. The van der Waals surface area contributed by atoms with E-state index in [0.29, 0.717) is 15.6 Å². The fourth-order valence-electron chi connectivity index (χ4n) is 2.02. The molecule has 0 radical (unpaired) electrons. The fourth-order valence-corrected chi connectivity index (χ4v) is 2.55. The van der Waals surface area contributed by atoms with E-state index in [1.54, 1.807) is 24.3 Å². The third kappa shape index (κ3) is 4.21. The van der Waals surface area contributed by atoms with Gasteiger partial charge in [0.1, 0.15) is 0 Å². The first-order valence-corrected chi connectivity index (χ1v) is 7.31. The minimum atomic E-state index is -0.166. The summed E-state index contributed by atoms with van der Waals surface area (Å²) < 4.78 is 0. The summed E-state index contributed by atoms with van der Waals surface area (Å²) in [6, 6.07) is 5.26. The number of nitrogens with one attached hydrogen (secondary N) is 2. The van der Waals surface area contributed by atoms with Gasteiger partial charge in [0.25, 0.3) is 5.91 Å². The minimum Gasteiger partial charge on any atom is -0.335 e. The van der Waals surface area contributed by atoms with Crippen LogP contribution in [0, 0.1) is 0 Å². The Bertz CT molecular complexity index is 491. The van der Waals surface area contributed by atoms with Crippen molar-refractivity contribution in [1.29, 1.82) is 0 Å². The highest BCUT2D eigenvalue weighted by molar-refractivity contribution is 6.37. The van der Waals surface area contributed by atoms with Gasteiger partial charge in [0, 0.05) is 21.7 Å². The van der Waals surface area contributed by atoms with Crippen LogP contribution in [0.15, 0.2) is 24.3 Å². The van der Waals surface area contributed by atoms with Crippen LogP contribution in [0.5, 0.6) is 0 Å². The lowest BCUT2D eigenvalue weighted by Crippen LogP contribution is -3.12. The van der Waals surface area contributed by atoms with Gasteiger partial charge in [-0.3, -0.25) is 10.2 Å². The summed E-state index contributed by atoms with van der Waals surface area (Å²) in [5.41, 5.74) is 3.52. The second-order valence-electron chi connectivity index (χ2n) is 4.89. The molecule has 0 aliphatic carbocycles. The van der Waals surface area contributed by atoms with E-state index in [9.17, 15) is 4.79 Å². The number of likely N-dealkylation sites (N-methyl/N-ethyl adjacent to an activating group) is 1. The molecule has 1 amide bonds. The van der Waals surface area contributed by atoms with Crippen molar-refractivity contribution >= 4 is 35.2 Å². The van der Waals surface area contributed by atoms with Crippen LogP contribution in [0.25, 0.3) is 6.08 Å². The van der Waals surface area contributed by atoms with Crippen LogP contribution in [0.4, 0.5) is 0 Å². The Morgan fingerprint density at radius 3 is 2.50 bits per heavy atom.